The molecule has 7 heteroatoms. The summed E-state index contributed by atoms with van der Waals surface area (Å²) in [5.41, 5.74) is 1.83. The van der Waals surface area contributed by atoms with Crippen molar-refractivity contribution in [2.45, 2.75) is 38.0 Å². The van der Waals surface area contributed by atoms with Gasteiger partial charge in [-0.05, 0) is 31.4 Å². The molecule has 0 aliphatic carbocycles. The second-order valence-corrected chi connectivity index (χ2v) is 6.45. The van der Waals surface area contributed by atoms with Crippen molar-refractivity contribution >= 4 is 17.4 Å². The number of rotatable bonds is 6. The molecule has 2 heterocycles. The van der Waals surface area contributed by atoms with Crippen molar-refractivity contribution in [1.82, 2.24) is 5.32 Å². The molecular weight excluding hydrogens is 322 g/mol. The molecule has 0 spiro atoms. The number of hydrogen-bond donors (Lipinski definition) is 3. The van der Waals surface area contributed by atoms with E-state index in [1.54, 1.807) is 0 Å². The van der Waals surface area contributed by atoms with Crippen molar-refractivity contribution in [3.8, 4) is 0 Å². The summed E-state index contributed by atoms with van der Waals surface area (Å²) in [5, 5.41) is 15.2. The molecule has 1 unspecified atom stereocenters. The minimum atomic E-state index is -0.412. The van der Waals surface area contributed by atoms with Crippen LogP contribution < -0.4 is 15.5 Å². The first kappa shape index (κ1) is 18.0. The van der Waals surface area contributed by atoms with Crippen LogP contribution in [0.15, 0.2) is 24.3 Å². The highest BCUT2D eigenvalue weighted by molar-refractivity contribution is 5.93. The average Bonchev–Trinajstić information content (AvgIpc) is 3.15. The number of piperidine rings is 1. The minimum Gasteiger partial charge on any atom is -0.394 e. The van der Waals surface area contributed by atoms with Crippen LogP contribution in [0.3, 0.4) is 0 Å². The number of ether oxygens (including phenoxy) is 2. The van der Waals surface area contributed by atoms with E-state index in [0.717, 1.165) is 24.5 Å². The summed E-state index contributed by atoms with van der Waals surface area (Å²) in [6.07, 6.45) is 3.68. The van der Waals surface area contributed by atoms with Crippen molar-refractivity contribution in [1.29, 1.82) is 0 Å². The van der Waals surface area contributed by atoms with Gasteiger partial charge in [-0.3, -0.25) is 0 Å². The lowest BCUT2D eigenvalue weighted by Crippen LogP contribution is -2.42. The van der Waals surface area contributed by atoms with Crippen LogP contribution in [-0.2, 0) is 9.47 Å². The van der Waals surface area contributed by atoms with E-state index < -0.39 is 6.04 Å². The highest BCUT2D eigenvalue weighted by atomic mass is 16.7. The van der Waals surface area contributed by atoms with E-state index in [1.807, 2.05) is 24.3 Å². The summed E-state index contributed by atoms with van der Waals surface area (Å²) in [5.74, 6) is 0. The van der Waals surface area contributed by atoms with Gasteiger partial charge in [-0.25, -0.2) is 4.79 Å². The van der Waals surface area contributed by atoms with Crippen molar-refractivity contribution in [2.24, 2.45) is 0 Å². The minimum absolute atomic E-state index is 0.162. The van der Waals surface area contributed by atoms with E-state index in [1.165, 1.54) is 19.3 Å². The first-order valence-electron chi connectivity index (χ1n) is 9.02. The van der Waals surface area contributed by atoms with Gasteiger partial charge in [0.15, 0.2) is 6.29 Å². The Kier molecular flexibility index (Phi) is 6.49. The lowest BCUT2D eigenvalue weighted by atomic mass is 10.1. The summed E-state index contributed by atoms with van der Waals surface area (Å²) in [4.78, 5) is 14.7. The highest BCUT2D eigenvalue weighted by Crippen LogP contribution is 2.28. The van der Waals surface area contributed by atoms with Gasteiger partial charge in [0.05, 0.1) is 37.2 Å². The average molecular weight is 349 g/mol. The van der Waals surface area contributed by atoms with Crippen LogP contribution >= 0.6 is 0 Å². The second-order valence-electron chi connectivity index (χ2n) is 6.45. The Hall–Kier alpha value is -1.83. The van der Waals surface area contributed by atoms with Crippen molar-refractivity contribution in [2.75, 3.05) is 43.1 Å². The Balaban J connectivity index is 1.58. The Morgan fingerprint density at radius 3 is 2.64 bits per heavy atom. The van der Waals surface area contributed by atoms with E-state index in [9.17, 15) is 9.90 Å². The molecule has 3 N–H and O–H groups in total. The van der Waals surface area contributed by atoms with Crippen molar-refractivity contribution < 1.29 is 19.4 Å². The molecule has 1 aromatic rings. The Morgan fingerprint density at radius 1 is 1.20 bits per heavy atom. The third kappa shape index (κ3) is 5.07. The molecule has 3 rings (SSSR count). The molecule has 1 aromatic carbocycles. The lowest BCUT2D eigenvalue weighted by molar-refractivity contribution is -0.0548. The topological polar surface area (TPSA) is 83.1 Å². The maximum Gasteiger partial charge on any atom is 0.319 e. The summed E-state index contributed by atoms with van der Waals surface area (Å²) in [7, 11) is 0. The second kappa shape index (κ2) is 9.03. The number of hydrogen-bond acceptors (Lipinski definition) is 5. The molecule has 25 heavy (non-hydrogen) atoms. The molecular formula is C18H27N3O4. The van der Waals surface area contributed by atoms with Crippen LogP contribution in [0.1, 0.15) is 25.7 Å². The van der Waals surface area contributed by atoms with Crippen LogP contribution in [-0.4, -0.2) is 56.4 Å². The molecule has 2 saturated heterocycles. The number of nitrogens with one attached hydrogen (secondary N) is 2. The van der Waals surface area contributed by atoms with E-state index in [0.29, 0.717) is 19.6 Å². The fourth-order valence-corrected chi connectivity index (χ4v) is 3.29. The molecule has 138 valence electrons. The number of urea groups is 1. The molecule has 2 aliphatic rings. The van der Waals surface area contributed by atoms with Gasteiger partial charge in [-0.15, -0.1) is 0 Å². The number of carbonyl (C=O) groups is 1. The van der Waals surface area contributed by atoms with Crippen LogP contribution in [0.5, 0.6) is 0 Å². The summed E-state index contributed by atoms with van der Waals surface area (Å²) in [6.45, 7) is 2.97. The van der Waals surface area contributed by atoms with Gasteiger partial charge >= 0.3 is 6.03 Å². The number of carbonyl (C=O) groups excluding carboxylic acids is 1. The zero-order valence-corrected chi connectivity index (χ0v) is 14.4. The standard InChI is InChI=1S/C18H27N3O4/c22-13-14(12-17-24-10-11-25-17)19-18(23)20-15-6-2-3-7-16(15)21-8-4-1-5-9-21/h2-3,6-7,14,17,22H,1,4-5,8-13H2,(H2,19,20,23). The molecule has 0 saturated carbocycles. The van der Waals surface area contributed by atoms with Gasteiger partial charge < -0.3 is 30.1 Å². The fourth-order valence-electron chi connectivity index (χ4n) is 3.29. The molecule has 2 amide bonds. The summed E-state index contributed by atoms with van der Waals surface area (Å²) >= 11 is 0. The molecule has 1 atom stereocenters. The van der Waals surface area contributed by atoms with Gasteiger partial charge in [-0.2, -0.15) is 0 Å². The number of amides is 2. The Morgan fingerprint density at radius 2 is 1.92 bits per heavy atom. The summed E-state index contributed by atoms with van der Waals surface area (Å²) < 4.78 is 10.7. The maximum atomic E-state index is 12.4. The number of anilines is 2. The van der Waals surface area contributed by atoms with E-state index in [2.05, 4.69) is 15.5 Å². The third-order valence-electron chi connectivity index (χ3n) is 4.57. The summed E-state index contributed by atoms with van der Waals surface area (Å²) in [6, 6.07) is 7.09. The Labute approximate surface area is 148 Å². The highest BCUT2D eigenvalue weighted by Gasteiger charge is 2.23. The molecule has 2 aliphatic heterocycles. The predicted molar refractivity (Wildman–Crippen MR) is 95.8 cm³/mol. The zero-order chi connectivity index (χ0) is 17.5. The molecule has 7 nitrogen and oxygen atoms in total. The van der Waals surface area contributed by atoms with Gasteiger partial charge in [0.2, 0.25) is 0 Å². The van der Waals surface area contributed by atoms with Crippen LogP contribution in [0.2, 0.25) is 0 Å². The molecule has 2 fully saturated rings. The van der Waals surface area contributed by atoms with E-state index >= 15 is 0 Å². The number of aliphatic hydroxyl groups is 1. The first-order chi connectivity index (χ1) is 12.3. The maximum absolute atomic E-state index is 12.4. The fraction of sp³-hybridized carbons (Fsp3) is 0.611. The Bertz CT molecular complexity index is 557. The van der Waals surface area contributed by atoms with E-state index in [-0.39, 0.29) is 18.9 Å². The predicted octanol–water partition coefficient (Wildman–Crippen LogP) is 1.92. The van der Waals surface area contributed by atoms with Crippen LogP contribution in [0.25, 0.3) is 0 Å². The quantitative estimate of drug-likeness (QED) is 0.731. The van der Waals surface area contributed by atoms with Crippen LogP contribution in [0.4, 0.5) is 16.2 Å². The van der Waals surface area contributed by atoms with E-state index in [4.69, 9.17) is 9.47 Å². The first-order valence-corrected chi connectivity index (χ1v) is 9.02. The smallest absolute Gasteiger partial charge is 0.319 e. The molecule has 0 aromatic heterocycles. The lowest BCUT2D eigenvalue weighted by Gasteiger charge is -2.30. The zero-order valence-electron chi connectivity index (χ0n) is 14.4. The number of nitrogens with zero attached hydrogens (tertiary/aromatic N) is 1. The SMILES string of the molecule is O=C(Nc1ccccc1N1CCCCC1)NC(CO)CC1OCCO1. The van der Waals surface area contributed by atoms with Crippen molar-refractivity contribution in [3.05, 3.63) is 24.3 Å². The van der Waals surface area contributed by atoms with Gasteiger partial charge in [-0.1, -0.05) is 12.1 Å². The number of para-hydroxylation sites is 2. The normalized spacial score (nSPS) is 19.6. The largest absolute Gasteiger partial charge is 0.394 e. The monoisotopic (exact) mass is 349 g/mol. The van der Waals surface area contributed by atoms with Gasteiger partial charge in [0.1, 0.15) is 0 Å². The number of aliphatic hydroxyl groups excluding tert-OH is 1. The number of benzene rings is 1. The molecule has 0 radical (unpaired) electrons. The van der Waals surface area contributed by atoms with Crippen LogP contribution in [0, 0.1) is 0 Å². The molecule has 0 bridgehead atoms. The van der Waals surface area contributed by atoms with Gasteiger partial charge in [0, 0.05) is 19.5 Å². The third-order valence-corrected chi connectivity index (χ3v) is 4.57. The van der Waals surface area contributed by atoms with Crippen molar-refractivity contribution in [3.63, 3.8) is 0 Å². The van der Waals surface area contributed by atoms with Gasteiger partial charge in [0.25, 0.3) is 0 Å².